The van der Waals surface area contributed by atoms with Crippen LogP contribution in [0.15, 0.2) is 16.3 Å². The largest absolute Gasteiger partial charge is 0.380 e. The Balaban J connectivity index is 2.25. The van der Waals surface area contributed by atoms with Gasteiger partial charge in [-0.25, -0.2) is 8.42 Å². The van der Waals surface area contributed by atoms with E-state index < -0.39 is 10.0 Å². The van der Waals surface area contributed by atoms with Crippen LogP contribution in [0.2, 0.25) is 0 Å². The molecule has 1 aromatic heterocycles. The van der Waals surface area contributed by atoms with E-state index in [2.05, 4.69) is 0 Å². The van der Waals surface area contributed by atoms with E-state index in [0.717, 1.165) is 12.8 Å². The molecule has 0 radical (unpaired) electrons. The lowest BCUT2D eigenvalue weighted by Gasteiger charge is -2.31. The van der Waals surface area contributed by atoms with Crippen LogP contribution in [-0.4, -0.2) is 39.0 Å². The number of alkyl halides is 1. The molecule has 1 fully saturated rings. The topological polar surface area (TPSA) is 46.6 Å². The van der Waals surface area contributed by atoms with Crippen LogP contribution in [0.25, 0.3) is 0 Å². The highest BCUT2D eigenvalue weighted by Gasteiger charge is 2.31. The molecule has 1 aliphatic heterocycles. The van der Waals surface area contributed by atoms with Crippen molar-refractivity contribution < 1.29 is 13.2 Å². The minimum atomic E-state index is -3.43. The SMILES string of the molecule is COC1CCCN(S(=O)(=O)c2ccsc2CCl)C1. The quantitative estimate of drug-likeness (QED) is 0.802. The average Bonchev–Trinajstić information content (AvgIpc) is 2.88. The summed E-state index contributed by atoms with van der Waals surface area (Å²) < 4.78 is 31.8. The van der Waals surface area contributed by atoms with E-state index in [9.17, 15) is 8.42 Å². The summed E-state index contributed by atoms with van der Waals surface area (Å²) in [5.74, 6) is 0.230. The average molecular weight is 310 g/mol. The second-order valence-corrected chi connectivity index (χ2v) is 7.38. The van der Waals surface area contributed by atoms with Crippen molar-refractivity contribution in [3.05, 3.63) is 16.3 Å². The number of sulfonamides is 1. The zero-order valence-electron chi connectivity index (χ0n) is 10.1. The van der Waals surface area contributed by atoms with Crippen molar-refractivity contribution in [1.29, 1.82) is 0 Å². The van der Waals surface area contributed by atoms with Gasteiger partial charge in [0.25, 0.3) is 0 Å². The Labute approximate surface area is 117 Å². The van der Waals surface area contributed by atoms with Crippen molar-refractivity contribution in [3.63, 3.8) is 0 Å². The monoisotopic (exact) mass is 309 g/mol. The van der Waals surface area contributed by atoms with Crippen molar-refractivity contribution in [2.24, 2.45) is 0 Å². The van der Waals surface area contributed by atoms with E-state index in [1.165, 1.54) is 15.6 Å². The molecule has 1 atom stereocenters. The van der Waals surface area contributed by atoms with Gasteiger partial charge in [0.15, 0.2) is 0 Å². The molecule has 0 aliphatic carbocycles. The van der Waals surface area contributed by atoms with Crippen molar-refractivity contribution in [2.75, 3.05) is 20.2 Å². The van der Waals surface area contributed by atoms with E-state index in [-0.39, 0.29) is 12.0 Å². The van der Waals surface area contributed by atoms with Crippen LogP contribution >= 0.6 is 22.9 Å². The van der Waals surface area contributed by atoms with Gasteiger partial charge in [-0.1, -0.05) is 0 Å². The third-order valence-corrected chi connectivity index (χ3v) is 6.54. The molecule has 2 rings (SSSR count). The highest BCUT2D eigenvalue weighted by atomic mass is 35.5. The highest BCUT2D eigenvalue weighted by Crippen LogP contribution is 2.28. The van der Waals surface area contributed by atoms with Crippen LogP contribution in [-0.2, 0) is 20.6 Å². The maximum atomic E-state index is 12.5. The molecule has 1 aromatic rings. The molecule has 1 saturated heterocycles. The third kappa shape index (κ3) is 2.72. The summed E-state index contributed by atoms with van der Waals surface area (Å²) in [6.45, 7) is 0.982. The Bertz CT molecular complexity index is 500. The van der Waals surface area contributed by atoms with Gasteiger partial charge in [-0.15, -0.1) is 22.9 Å². The number of piperidine rings is 1. The fourth-order valence-electron chi connectivity index (χ4n) is 2.11. The molecule has 7 heteroatoms. The fraction of sp³-hybridized carbons (Fsp3) is 0.636. The number of rotatable bonds is 4. The Morgan fingerprint density at radius 3 is 3.06 bits per heavy atom. The van der Waals surface area contributed by atoms with Gasteiger partial charge in [0.1, 0.15) is 0 Å². The fourth-order valence-corrected chi connectivity index (χ4v) is 5.30. The lowest BCUT2D eigenvalue weighted by atomic mass is 10.1. The molecule has 0 amide bonds. The summed E-state index contributed by atoms with van der Waals surface area (Å²) in [5, 5.41) is 1.77. The van der Waals surface area contributed by atoms with Crippen LogP contribution in [0.1, 0.15) is 17.7 Å². The van der Waals surface area contributed by atoms with Crippen LogP contribution in [0, 0.1) is 0 Å². The first-order valence-corrected chi connectivity index (χ1v) is 8.60. The first-order valence-electron chi connectivity index (χ1n) is 5.75. The van der Waals surface area contributed by atoms with E-state index in [4.69, 9.17) is 16.3 Å². The predicted molar refractivity (Wildman–Crippen MR) is 72.7 cm³/mol. The normalized spacial score (nSPS) is 22.2. The number of hydrogen-bond acceptors (Lipinski definition) is 4. The first-order chi connectivity index (χ1) is 8.59. The van der Waals surface area contributed by atoms with Gasteiger partial charge in [0.05, 0.1) is 16.9 Å². The molecule has 0 bridgehead atoms. The number of nitrogens with zero attached hydrogens (tertiary/aromatic N) is 1. The van der Waals surface area contributed by atoms with Gasteiger partial charge in [0.2, 0.25) is 10.0 Å². The molecule has 0 spiro atoms. The molecule has 102 valence electrons. The predicted octanol–water partition coefficient (Wildman–Crippen LogP) is 2.29. The maximum absolute atomic E-state index is 12.5. The molecule has 0 aromatic carbocycles. The molecule has 0 saturated carbocycles. The summed E-state index contributed by atoms with van der Waals surface area (Å²) in [6, 6.07) is 1.63. The van der Waals surface area contributed by atoms with E-state index in [0.29, 0.717) is 22.9 Å². The molecule has 2 heterocycles. The van der Waals surface area contributed by atoms with Crippen molar-refractivity contribution in [1.82, 2.24) is 4.31 Å². The molecule has 0 N–H and O–H groups in total. The number of hydrogen-bond donors (Lipinski definition) is 0. The smallest absolute Gasteiger partial charge is 0.244 e. The highest BCUT2D eigenvalue weighted by molar-refractivity contribution is 7.89. The summed E-state index contributed by atoms with van der Waals surface area (Å²) in [5.41, 5.74) is 0. The van der Waals surface area contributed by atoms with Crippen molar-refractivity contribution >= 4 is 33.0 Å². The lowest BCUT2D eigenvalue weighted by Crippen LogP contribution is -2.42. The molecule has 1 unspecified atom stereocenters. The minimum Gasteiger partial charge on any atom is -0.380 e. The van der Waals surface area contributed by atoms with Crippen LogP contribution in [0.5, 0.6) is 0 Å². The summed E-state index contributed by atoms with van der Waals surface area (Å²) in [7, 11) is -1.80. The first kappa shape index (κ1) is 14.3. The maximum Gasteiger partial charge on any atom is 0.244 e. The Morgan fingerprint density at radius 2 is 2.39 bits per heavy atom. The summed E-state index contributed by atoms with van der Waals surface area (Å²) in [6.07, 6.45) is 1.73. The van der Waals surface area contributed by atoms with E-state index in [1.807, 2.05) is 0 Å². The molecular weight excluding hydrogens is 294 g/mol. The van der Waals surface area contributed by atoms with E-state index in [1.54, 1.807) is 18.6 Å². The second-order valence-electron chi connectivity index (χ2n) is 4.20. The number of methoxy groups -OCH3 is 1. The van der Waals surface area contributed by atoms with Crippen LogP contribution < -0.4 is 0 Å². The van der Waals surface area contributed by atoms with Gasteiger partial charge in [-0.2, -0.15) is 4.31 Å². The van der Waals surface area contributed by atoms with Gasteiger partial charge in [0, 0.05) is 25.1 Å². The summed E-state index contributed by atoms with van der Waals surface area (Å²) >= 11 is 7.16. The zero-order chi connectivity index (χ0) is 13.2. The molecule has 1 aliphatic rings. The molecule has 4 nitrogen and oxygen atoms in total. The number of ether oxygens (including phenoxy) is 1. The van der Waals surface area contributed by atoms with Crippen molar-refractivity contribution in [2.45, 2.75) is 29.7 Å². The van der Waals surface area contributed by atoms with Gasteiger partial charge in [-0.3, -0.25) is 0 Å². The van der Waals surface area contributed by atoms with Crippen LogP contribution in [0.4, 0.5) is 0 Å². The van der Waals surface area contributed by atoms with E-state index >= 15 is 0 Å². The third-order valence-electron chi connectivity index (χ3n) is 3.12. The minimum absolute atomic E-state index is 0.00777. The Morgan fingerprint density at radius 1 is 1.61 bits per heavy atom. The van der Waals surface area contributed by atoms with Gasteiger partial charge >= 0.3 is 0 Å². The standard InChI is InChI=1S/C11H16ClNO3S2/c1-16-9-3-2-5-13(8-9)18(14,15)11-4-6-17-10(11)7-12/h4,6,9H,2-3,5,7-8H2,1H3. The van der Waals surface area contributed by atoms with Gasteiger partial charge < -0.3 is 4.74 Å². The zero-order valence-corrected chi connectivity index (χ0v) is 12.5. The summed E-state index contributed by atoms with van der Waals surface area (Å²) in [4.78, 5) is 1.05. The Hall–Kier alpha value is -0.140. The molecular formula is C11H16ClNO3S2. The number of thiophene rings is 1. The lowest BCUT2D eigenvalue weighted by molar-refractivity contribution is 0.0572. The second kappa shape index (κ2) is 5.88. The van der Waals surface area contributed by atoms with Crippen molar-refractivity contribution in [3.8, 4) is 0 Å². The van der Waals surface area contributed by atoms with Gasteiger partial charge in [-0.05, 0) is 24.3 Å². The number of halogens is 1. The van der Waals surface area contributed by atoms with Crippen LogP contribution in [0.3, 0.4) is 0 Å². The Kier molecular flexibility index (Phi) is 4.66. The molecule has 18 heavy (non-hydrogen) atoms.